The number of nitrogens with one attached hydrogen (secondary N) is 2. The summed E-state index contributed by atoms with van der Waals surface area (Å²) in [6, 6.07) is 8.44. The average molecular weight is 460 g/mol. The van der Waals surface area contributed by atoms with Gasteiger partial charge in [-0.05, 0) is 52.7 Å². The van der Waals surface area contributed by atoms with E-state index in [4.69, 9.17) is 27.9 Å². The monoisotopic (exact) mass is 458 g/mol. The Morgan fingerprint density at radius 2 is 1.73 bits per heavy atom. The summed E-state index contributed by atoms with van der Waals surface area (Å²) in [5, 5.41) is 6.32. The molecule has 0 aromatic heterocycles. The molecule has 138 valence electrons. The standard InChI is InChI=1S/C18H17BrCl2N2O3/c1-3-16(24)22-14-5-4-6-15(10(14)2)23-17(25)9-26-18-12(19)7-11(20)8-13(18)21/h4-8H,3,9H2,1-2H3,(H,22,24)(H,23,25). The first kappa shape index (κ1) is 20.6. The third kappa shape index (κ3) is 5.37. The fourth-order valence-electron chi connectivity index (χ4n) is 2.14. The topological polar surface area (TPSA) is 67.4 Å². The summed E-state index contributed by atoms with van der Waals surface area (Å²) < 4.78 is 6.05. The first-order valence-corrected chi connectivity index (χ1v) is 9.33. The maximum atomic E-state index is 12.2. The van der Waals surface area contributed by atoms with Crippen molar-refractivity contribution < 1.29 is 14.3 Å². The Morgan fingerprint density at radius 3 is 2.31 bits per heavy atom. The highest BCUT2D eigenvalue weighted by molar-refractivity contribution is 9.10. The Labute approximate surface area is 170 Å². The number of hydrogen-bond donors (Lipinski definition) is 2. The third-order valence-corrected chi connectivity index (χ3v) is 4.60. The molecule has 0 saturated heterocycles. The molecule has 0 unspecified atom stereocenters. The van der Waals surface area contributed by atoms with Crippen molar-refractivity contribution in [3.8, 4) is 5.75 Å². The lowest BCUT2D eigenvalue weighted by Gasteiger charge is -2.14. The molecule has 0 fully saturated rings. The molecule has 8 heteroatoms. The van der Waals surface area contributed by atoms with E-state index in [2.05, 4.69) is 26.6 Å². The number of carbonyl (C=O) groups is 2. The predicted octanol–water partition coefficient (Wildman–Crippen LogP) is 5.43. The van der Waals surface area contributed by atoms with Crippen LogP contribution < -0.4 is 15.4 Å². The Hall–Kier alpha value is -1.76. The summed E-state index contributed by atoms with van der Waals surface area (Å²) in [6.07, 6.45) is 0.376. The van der Waals surface area contributed by atoms with Crippen molar-refractivity contribution in [3.63, 3.8) is 0 Å². The number of carbonyl (C=O) groups excluding carboxylic acids is 2. The Balaban J connectivity index is 2.05. The van der Waals surface area contributed by atoms with Gasteiger partial charge < -0.3 is 15.4 Å². The Bertz CT molecular complexity index is 820. The van der Waals surface area contributed by atoms with Crippen LogP contribution in [0.4, 0.5) is 11.4 Å². The van der Waals surface area contributed by atoms with Crippen LogP contribution in [-0.2, 0) is 9.59 Å². The lowest BCUT2D eigenvalue weighted by atomic mass is 10.1. The van der Waals surface area contributed by atoms with Gasteiger partial charge in [0.1, 0.15) is 0 Å². The number of benzene rings is 2. The molecule has 5 nitrogen and oxygen atoms in total. The first-order chi connectivity index (χ1) is 12.3. The molecule has 0 radical (unpaired) electrons. The van der Waals surface area contributed by atoms with E-state index in [9.17, 15) is 9.59 Å². The van der Waals surface area contributed by atoms with Crippen LogP contribution in [-0.4, -0.2) is 18.4 Å². The van der Waals surface area contributed by atoms with Gasteiger partial charge in [-0.1, -0.05) is 36.2 Å². The molecule has 0 atom stereocenters. The zero-order valence-electron chi connectivity index (χ0n) is 14.2. The number of halogens is 3. The van der Waals surface area contributed by atoms with Crippen molar-refractivity contribution in [2.45, 2.75) is 20.3 Å². The van der Waals surface area contributed by atoms with E-state index in [0.717, 1.165) is 5.56 Å². The lowest BCUT2D eigenvalue weighted by Crippen LogP contribution is -2.21. The Morgan fingerprint density at radius 1 is 1.12 bits per heavy atom. The molecule has 0 spiro atoms. The van der Waals surface area contributed by atoms with Crippen LogP contribution in [0.5, 0.6) is 5.75 Å². The maximum absolute atomic E-state index is 12.2. The summed E-state index contributed by atoms with van der Waals surface area (Å²) >= 11 is 15.3. The highest BCUT2D eigenvalue weighted by atomic mass is 79.9. The molecule has 0 aliphatic heterocycles. The van der Waals surface area contributed by atoms with Gasteiger partial charge in [-0.2, -0.15) is 0 Å². The smallest absolute Gasteiger partial charge is 0.262 e. The summed E-state index contributed by atoms with van der Waals surface area (Å²) in [5.41, 5.74) is 2.00. The van der Waals surface area contributed by atoms with Gasteiger partial charge in [0.05, 0.1) is 9.50 Å². The average Bonchev–Trinajstić information content (AvgIpc) is 2.57. The minimum atomic E-state index is -0.356. The summed E-state index contributed by atoms with van der Waals surface area (Å²) in [4.78, 5) is 23.8. The van der Waals surface area contributed by atoms with Crippen molar-refractivity contribution in [2.75, 3.05) is 17.2 Å². The van der Waals surface area contributed by atoms with Gasteiger partial charge in [0, 0.05) is 22.8 Å². The highest BCUT2D eigenvalue weighted by Gasteiger charge is 2.13. The zero-order chi connectivity index (χ0) is 19.3. The number of hydrogen-bond acceptors (Lipinski definition) is 3. The van der Waals surface area contributed by atoms with Crippen LogP contribution in [0.15, 0.2) is 34.8 Å². The van der Waals surface area contributed by atoms with Gasteiger partial charge in [0.25, 0.3) is 5.91 Å². The third-order valence-electron chi connectivity index (χ3n) is 3.51. The van der Waals surface area contributed by atoms with Crippen LogP contribution in [0, 0.1) is 6.92 Å². The van der Waals surface area contributed by atoms with Gasteiger partial charge in [-0.3, -0.25) is 9.59 Å². The molecule has 2 rings (SSSR count). The van der Waals surface area contributed by atoms with Crippen molar-refractivity contribution in [1.82, 2.24) is 0 Å². The number of amides is 2. The highest BCUT2D eigenvalue weighted by Crippen LogP contribution is 2.36. The van der Waals surface area contributed by atoms with Crippen LogP contribution in [0.25, 0.3) is 0 Å². The molecule has 0 aliphatic rings. The second-order valence-electron chi connectivity index (χ2n) is 5.42. The summed E-state index contributed by atoms with van der Waals surface area (Å²) in [7, 11) is 0. The quantitative estimate of drug-likeness (QED) is 0.605. The fraction of sp³-hybridized carbons (Fsp3) is 0.222. The molecule has 2 aromatic carbocycles. The second kappa shape index (κ2) is 9.26. The maximum Gasteiger partial charge on any atom is 0.262 e. The van der Waals surface area contributed by atoms with Gasteiger partial charge in [-0.25, -0.2) is 0 Å². The van der Waals surface area contributed by atoms with E-state index >= 15 is 0 Å². The van der Waals surface area contributed by atoms with Crippen molar-refractivity contribution >= 4 is 62.3 Å². The summed E-state index contributed by atoms with van der Waals surface area (Å²) in [6.45, 7) is 3.35. The summed E-state index contributed by atoms with van der Waals surface area (Å²) in [5.74, 6) is -0.112. The molecule has 2 N–H and O–H groups in total. The fourth-order valence-corrected chi connectivity index (χ4v) is 3.50. The van der Waals surface area contributed by atoms with Gasteiger partial charge in [0.15, 0.2) is 12.4 Å². The normalized spacial score (nSPS) is 10.3. The van der Waals surface area contributed by atoms with Gasteiger partial charge in [-0.15, -0.1) is 0 Å². The molecule has 0 heterocycles. The van der Waals surface area contributed by atoms with Crippen LogP contribution in [0.3, 0.4) is 0 Å². The van der Waals surface area contributed by atoms with Gasteiger partial charge >= 0.3 is 0 Å². The molecular weight excluding hydrogens is 443 g/mol. The van der Waals surface area contributed by atoms with Crippen molar-refractivity contribution in [2.24, 2.45) is 0 Å². The van der Waals surface area contributed by atoms with Crippen molar-refractivity contribution in [3.05, 3.63) is 50.4 Å². The Kier molecular flexibility index (Phi) is 7.32. The molecule has 26 heavy (non-hydrogen) atoms. The molecule has 0 aliphatic carbocycles. The molecular formula is C18H17BrCl2N2O3. The van der Waals surface area contributed by atoms with Crippen LogP contribution in [0.1, 0.15) is 18.9 Å². The van der Waals surface area contributed by atoms with E-state index in [1.54, 1.807) is 31.2 Å². The van der Waals surface area contributed by atoms with E-state index in [1.165, 1.54) is 6.07 Å². The zero-order valence-corrected chi connectivity index (χ0v) is 17.3. The number of anilines is 2. The SMILES string of the molecule is CCC(=O)Nc1cccc(NC(=O)COc2c(Cl)cc(Cl)cc2Br)c1C. The van der Waals surface area contributed by atoms with E-state index in [0.29, 0.717) is 38.1 Å². The number of rotatable bonds is 6. The molecule has 2 amide bonds. The van der Waals surface area contributed by atoms with Crippen molar-refractivity contribution in [1.29, 1.82) is 0 Å². The minimum absolute atomic E-state index is 0.0952. The van der Waals surface area contributed by atoms with Crippen LogP contribution >= 0.6 is 39.1 Å². The largest absolute Gasteiger partial charge is 0.481 e. The second-order valence-corrected chi connectivity index (χ2v) is 7.11. The number of ether oxygens (including phenoxy) is 1. The minimum Gasteiger partial charge on any atom is -0.481 e. The molecule has 2 aromatic rings. The van der Waals surface area contributed by atoms with Crippen LogP contribution in [0.2, 0.25) is 10.0 Å². The first-order valence-electron chi connectivity index (χ1n) is 7.78. The van der Waals surface area contributed by atoms with Gasteiger partial charge in [0.2, 0.25) is 5.91 Å². The van der Waals surface area contributed by atoms with E-state index in [1.807, 2.05) is 6.92 Å². The molecule has 0 saturated carbocycles. The van der Waals surface area contributed by atoms with E-state index < -0.39 is 0 Å². The predicted molar refractivity (Wildman–Crippen MR) is 108 cm³/mol. The molecule has 0 bridgehead atoms. The lowest BCUT2D eigenvalue weighted by molar-refractivity contribution is -0.118. The van der Waals surface area contributed by atoms with E-state index in [-0.39, 0.29) is 18.4 Å².